The van der Waals surface area contributed by atoms with Crippen LogP contribution in [0, 0.1) is 6.92 Å². The van der Waals surface area contributed by atoms with Crippen molar-refractivity contribution in [2.45, 2.75) is 6.92 Å². The lowest BCUT2D eigenvalue weighted by Gasteiger charge is -2.09. The smallest absolute Gasteiger partial charge is 0.201 e. The minimum atomic E-state index is -0.623. The van der Waals surface area contributed by atoms with Crippen molar-refractivity contribution in [2.75, 3.05) is 7.11 Å². The Morgan fingerprint density at radius 1 is 0.633 bits per heavy atom. The average Bonchev–Trinajstić information content (AvgIpc) is 2.74. The summed E-state index contributed by atoms with van der Waals surface area (Å²) in [5.41, 5.74) is 2.81. The molecule has 0 spiro atoms. The zero-order valence-electron chi connectivity index (χ0n) is 16.5. The van der Waals surface area contributed by atoms with Gasteiger partial charge in [0.1, 0.15) is 5.75 Å². The summed E-state index contributed by atoms with van der Waals surface area (Å²) in [6.45, 7) is 1.78. The number of methoxy groups -OCH3 is 1. The van der Waals surface area contributed by atoms with Crippen molar-refractivity contribution in [2.24, 2.45) is 0 Å². The van der Waals surface area contributed by atoms with Gasteiger partial charge in [-0.05, 0) is 53.9 Å². The highest BCUT2D eigenvalue weighted by Crippen LogP contribution is 2.42. The van der Waals surface area contributed by atoms with Crippen LogP contribution in [0.5, 0.6) is 34.5 Å². The first kappa shape index (κ1) is 20.7. The van der Waals surface area contributed by atoms with Crippen molar-refractivity contribution in [3.63, 3.8) is 0 Å². The van der Waals surface area contributed by atoms with Gasteiger partial charge >= 0.3 is 0 Å². The molecular formula is C24H22O6. The number of hydrogen-bond acceptors (Lipinski definition) is 6. The molecule has 3 rings (SSSR count). The van der Waals surface area contributed by atoms with Gasteiger partial charge in [-0.3, -0.25) is 0 Å². The molecule has 0 saturated carbocycles. The number of rotatable bonds is 5. The third-order valence-electron chi connectivity index (χ3n) is 4.64. The van der Waals surface area contributed by atoms with Crippen molar-refractivity contribution < 1.29 is 30.3 Å². The zero-order valence-corrected chi connectivity index (χ0v) is 16.5. The number of benzene rings is 3. The molecule has 0 aromatic heterocycles. The second kappa shape index (κ2) is 8.53. The Kier molecular flexibility index (Phi) is 5.88. The van der Waals surface area contributed by atoms with Gasteiger partial charge in [0.15, 0.2) is 23.0 Å². The topological polar surface area (TPSA) is 110 Å². The van der Waals surface area contributed by atoms with E-state index in [1.165, 1.54) is 19.2 Å². The van der Waals surface area contributed by atoms with E-state index in [1.54, 1.807) is 61.6 Å². The number of phenols is 5. The monoisotopic (exact) mass is 406 g/mol. The quantitative estimate of drug-likeness (QED) is 0.305. The van der Waals surface area contributed by atoms with Crippen LogP contribution in [0.15, 0.2) is 42.5 Å². The Bertz CT molecular complexity index is 1140. The summed E-state index contributed by atoms with van der Waals surface area (Å²) in [7, 11) is 1.45. The van der Waals surface area contributed by atoms with Gasteiger partial charge in [-0.15, -0.1) is 0 Å². The molecule has 0 atom stereocenters. The van der Waals surface area contributed by atoms with Crippen LogP contribution in [-0.4, -0.2) is 32.6 Å². The molecule has 0 heterocycles. The lowest BCUT2D eigenvalue weighted by molar-refractivity contribution is 0.367. The highest BCUT2D eigenvalue weighted by atomic mass is 16.5. The minimum absolute atomic E-state index is 0.0108. The number of hydrogen-bond donors (Lipinski definition) is 5. The summed E-state index contributed by atoms with van der Waals surface area (Å²) in [6, 6.07) is 11.4. The Hall–Kier alpha value is -4.06. The number of aromatic hydroxyl groups is 5. The number of phenolic OH excluding ortho intramolecular Hbond substituents is 5. The largest absolute Gasteiger partial charge is 0.508 e. The van der Waals surface area contributed by atoms with E-state index >= 15 is 0 Å². The van der Waals surface area contributed by atoms with Gasteiger partial charge in [-0.2, -0.15) is 0 Å². The van der Waals surface area contributed by atoms with Crippen LogP contribution in [0.2, 0.25) is 0 Å². The Morgan fingerprint density at radius 3 is 1.70 bits per heavy atom. The summed E-state index contributed by atoms with van der Waals surface area (Å²) >= 11 is 0. The molecule has 6 nitrogen and oxygen atoms in total. The Balaban J connectivity index is 1.95. The summed E-state index contributed by atoms with van der Waals surface area (Å²) in [5.74, 6) is -1.01. The molecule has 0 bridgehead atoms. The van der Waals surface area contributed by atoms with Crippen LogP contribution in [0.3, 0.4) is 0 Å². The molecule has 3 aromatic carbocycles. The maximum atomic E-state index is 10.2. The van der Waals surface area contributed by atoms with E-state index < -0.39 is 17.2 Å². The maximum absolute atomic E-state index is 10.2. The van der Waals surface area contributed by atoms with E-state index in [0.717, 1.165) is 5.56 Å². The lowest BCUT2D eigenvalue weighted by Crippen LogP contribution is -1.85. The predicted molar refractivity (Wildman–Crippen MR) is 117 cm³/mol. The number of ether oxygens (including phenoxy) is 1. The van der Waals surface area contributed by atoms with Crippen molar-refractivity contribution in [3.8, 4) is 34.5 Å². The summed E-state index contributed by atoms with van der Waals surface area (Å²) < 4.78 is 5.07. The van der Waals surface area contributed by atoms with Crippen LogP contribution in [-0.2, 0) is 0 Å². The normalized spacial score (nSPS) is 11.4. The molecule has 6 heteroatoms. The molecule has 0 fully saturated rings. The first-order valence-electron chi connectivity index (χ1n) is 9.11. The van der Waals surface area contributed by atoms with Crippen LogP contribution in [0.25, 0.3) is 24.3 Å². The first-order chi connectivity index (χ1) is 14.3. The molecule has 0 unspecified atom stereocenters. The highest BCUT2D eigenvalue weighted by molar-refractivity contribution is 5.82. The molecule has 0 aliphatic carbocycles. The summed E-state index contributed by atoms with van der Waals surface area (Å²) in [4.78, 5) is 0. The summed E-state index contributed by atoms with van der Waals surface area (Å²) in [5, 5.41) is 49.8. The van der Waals surface area contributed by atoms with E-state index in [0.29, 0.717) is 28.0 Å². The standard InChI is InChI=1S/C24H22O6/c1-14-11-15(5-9-19(14)25)3-7-17-13-18(23(28)24(29)22(17)27)8-4-16-6-10-20(26)21(12-16)30-2/h3-13,25-29H,1-2H3/b7-3+,8-4+. The SMILES string of the molecule is COc1cc(/C=C/c2cc(/C=C/c3ccc(O)c(C)c3)c(O)c(O)c2O)ccc1O. The van der Waals surface area contributed by atoms with E-state index in [9.17, 15) is 25.5 Å². The third kappa shape index (κ3) is 4.33. The van der Waals surface area contributed by atoms with E-state index in [4.69, 9.17) is 4.74 Å². The van der Waals surface area contributed by atoms with E-state index in [1.807, 2.05) is 0 Å². The lowest BCUT2D eigenvalue weighted by atomic mass is 10.0. The second-order valence-electron chi connectivity index (χ2n) is 6.74. The first-order valence-corrected chi connectivity index (χ1v) is 9.11. The van der Waals surface area contributed by atoms with E-state index in [-0.39, 0.29) is 11.5 Å². The highest BCUT2D eigenvalue weighted by Gasteiger charge is 2.14. The van der Waals surface area contributed by atoms with Crippen molar-refractivity contribution in [1.82, 2.24) is 0 Å². The van der Waals surface area contributed by atoms with Gasteiger partial charge in [0, 0.05) is 11.1 Å². The van der Waals surface area contributed by atoms with Gasteiger partial charge in [-0.25, -0.2) is 0 Å². The third-order valence-corrected chi connectivity index (χ3v) is 4.64. The fourth-order valence-corrected chi connectivity index (χ4v) is 2.90. The Labute approximate surface area is 173 Å². The van der Waals surface area contributed by atoms with Gasteiger partial charge in [0.25, 0.3) is 0 Å². The van der Waals surface area contributed by atoms with Crippen LogP contribution < -0.4 is 4.74 Å². The molecule has 0 amide bonds. The van der Waals surface area contributed by atoms with Gasteiger partial charge in [-0.1, -0.05) is 36.4 Å². The van der Waals surface area contributed by atoms with Crippen LogP contribution in [0.4, 0.5) is 0 Å². The molecule has 0 saturated heterocycles. The molecule has 154 valence electrons. The minimum Gasteiger partial charge on any atom is -0.508 e. The van der Waals surface area contributed by atoms with Crippen LogP contribution in [0.1, 0.15) is 27.8 Å². The Morgan fingerprint density at radius 2 is 1.17 bits per heavy atom. The maximum Gasteiger partial charge on any atom is 0.201 e. The van der Waals surface area contributed by atoms with E-state index in [2.05, 4.69) is 0 Å². The molecule has 0 aliphatic rings. The average molecular weight is 406 g/mol. The molecule has 5 N–H and O–H groups in total. The zero-order chi connectivity index (χ0) is 21.8. The number of aryl methyl sites for hydroxylation is 1. The van der Waals surface area contributed by atoms with Crippen LogP contribution >= 0.6 is 0 Å². The molecule has 3 aromatic rings. The van der Waals surface area contributed by atoms with Crippen molar-refractivity contribution in [3.05, 3.63) is 70.3 Å². The molecule has 0 radical (unpaired) electrons. The fraction of sp³-hybridized carbons (Fsp3) is 0.0833. The van der Waals surface area contributed by atoms with Crippen molar-refractivity contribution in [1.29, 1.82) is 0 Å². The van der Waals surface area contributed by atoms with Gasteiger partial charge in [0.2, 0.25) is 5.75 Å². The van der Waals surface area contributed by atoms with Crippen molar-refractivity contribution >= 4 is 24.3 Å². The van der Waals surface area contributed by atoms with Gasteiger partial charge < -0.3 is 30.3 Å². The molecule has 0 aliphatic heterocycles. The predicted octanol–water partition coefficient (Wildman–Crippen LogP) is 4.87. The molecule has 30 heavy (non-hydrogen) atoms. The fourth-order valence-electron chi connectivity index (χ4n) is 2.90. The van der Waals surface area contributed by atoms with Gasteiger partial charge in [0.05, 0.1) is 7.11 Å². The second-order valence-corrected chi connectivity index (χ2v) is 6.74. The molecular weight excluding hydrogens is 384 g/mol. The summed E-state index contributed by atoms with van der Waals surface area (Å²) in [6.07, 6.45) is 6.56.